The minimum Gasteiger partial charge on any atom is -1.00 e. The molecule has 1 saturated heterocycles. The van der Waals surface area contributed by atoms with Crippen molar-refractivity contribution in [3.8, 4) is 5.75 Å². The molecule has 1 aromatic carbocycles. The molecule has 1 aliphatic rings. The molecule has 1 unspecified atom stereocenters. The van der Waals surface area contributed by atoms with E-state index in [-0.39, 0.29) is 18.0 Å². The zero-order chi connectivity index (χ0) is 11.2. The summed E-state index contributed by atoms with van der Waals surface area (Å²) in [5.41, 5.74) is -0.250. The van der Waals surface area contributed by atoms with Gasteiger partial charge in [-0.25, -0.2) is 0 Å². The second kappa shape index (κ2) is 7.80. The van der Waals surface area contributed by atoms with Crippen LogP contribution in [-0.2, 0) is 0 Å². The SMILES string of the molecule is ClC(CN1CCCCC1)Oc1ccccc1.[Cl-]. The number of hydrogen-bond donors (Lipinski definition) is 0. The Labute approximate surface area is 114 Å². The normalized spacial score (nSPS) is 18.2. The van der Waals surface area contributed by atoms with Crippen molar-refractivity contribution in [2.24, 2.45) is 0 Å². The molecule has 0 spiro atoms. The molecule has 1 atom stereocenters. The smallest absolute Gasteiger partial charge is 0.184 e. The maximum absolute atomic E-state index is 6.18. The summed E-state index contributed by atoms with van der Waals surface area (Å²) in [7, 11) is 0. The Morgan fingerprint density at radius 3 is 2.41 bits per heavy atom. The standard InChI is InChI=1S/C13H18ClNO.ClH/c14-13(11-15-9-5-2-6-10-15)16-12-7-3-1-4-8-12;/h1,3-4,7-8,13H,2,5-6,9-11H2;1H/p-1. The van der Waals surface area contributed by atoms with Gasteiger partial charge >= 0.3 is 0 Å². The van der Waals surface area contributed by atoms with Crippen LogP contribution in [0.4, 0.5) is 0 Å². The summed E-state index contributed by atoms with van der Waals surface area (Å²) < 4.78 is 5.64. The Morgan fingerprint density at radius 1 is 1.12 bits per heavy atom. The quantitative estimate of drug-likeness (QED) is 0.724. The van der Waals surface area contributed by atoms with Crippen molar-refractivity contribution in [2.45, 2.75) is 24.8 Å². The molecule has 1 fully saturated rings. The van der Waals surface area contributed by atoms with Crippen molar-refractivity contribution in [2.75, 3.05) is 19.6 Å². The molecule has 4 heteroatoms. The molecule has 0 amide bonds. The van der Waals surface area contributed by atoms with Gasteiger partial charge < -0.3 is 17.1 Å². The molecular formula is C13H18Cl2NO-. The van der Waals surface area contributed by atoms with Gasteiger partial charge in [0.15, 0.2) is 5.56 Å². The molecule has 17 heavy (non-hydrogen) atoms. The zero-order valence-corrected chi connectivity index (χ0v) is 11.3. The first-order valence-corrected chi connectivity index (χ1v) is 6.36. The fraction of sp³-hybridized carbons (Fsp3) is 0.538. The van der Waals surface area contributed by atoms with E-state index < -0.39 is 0 Å². The minimum absolute atomic E-state index is 0. The zero-order valence-electron chi connectivity index (χ0n) is 9.82. The van der Waals surface area contributed by atoms with E-state index in [1.165, 1.54) is 19.3 Å². The molecule has 0 saturated carbocycles. The number of rotatable bonds is 4. The highest BCUT2D eigenvalue weighted by Gasteiger charge is 2.15. The van der Waals surface area contributed by atoms with Gasteiger partial charge in [0, 0.05) is 6.54 Å². The van der Waals surface area contributed by atoms with Crippen LogP contribution in [0.1, 0.15) is 19.3 Å². The first kappa shape index (κ1) is 14.6. The van der Waals surface area contributed by atoms with Gasteiger partial charge in [-0.2, -0.15) is 0 Å². The molecule has 0 aromatic heterocycles. The number of piperidine rings is 1. The predicted octanol–water partition coefficient (Wildman–Crippen LogP) is 0.120. The highest BCUT2D eigenvalue weighted by molar-refractivity contribution is 6.20. The van der Waals surface area contributed by atoms with E-state index in [4.69, 9.17) is 16.3 Å². The molecule has 1 aliphatic heterocycles. The summed E-state index contributed by atoms with van der Waals surface area (Å²) in [5.74, 6) is 0.847. The Bertz CT molecular complexity index is 302. The monoisotopic (exact) mass is 274 g/mol. The van der Waals surface area contributed by atoms with Gasteiger partial charge in [0.2, 0.25) is 0 Å². The molecule has 0 aliphatic carbocycles. The maximum atomic E-state index is 6.18. The van der Waals surface area contributed by atoms with E-state index >= 15 is 0 Å². The number of ether oxygens (including phenoxy) is 1. The second-order valence-corrected chi connectivity index (χ2v) is 4.69. The second-order valence-electron chi connectivity index (χ2n) is 4.20. The summed E-state index contributed by atoms with van der Waals surface area (Å²) in [6.45, 7) is 3.12. The molecule has 2 rings (SSSR count). The van der Waals surface area contributed by atoms with E-state index in [1.807, 2.05) is 30.3 Å². The maximum Gasteiger partial charge on any atom is 0.184 e. The molecule has 1 aromatic rings. The molecule has 96 valence electrons. The van der Waals surface area contributed by atoms with E-state index in [0.29, 0.717) is 0 Å². The Morgan fingerprint density at radius 2 is 1.76 bits per heavy atom. The van der Waals surface area contributed by atoms with Crippen LogP contribution in [0, 0.1) is 0 Å². The van der Waals surface area contributed by atoms with Crippen LogP contribution in [0.2, 0.25) is 0 Å². The van der Waals surface area contributed by atoms with Gasteiger partial charge in [-0.1, -0.05) is 36.2 Å². The highest BCUT2D eigenvalue weighted by Crippen LogP contribution is 2.15. The number of benzene rings is 1. The number of halogens is 2. The predicted molar refractivity (Wildman–Crippen MR) is 67.0 cm³/mol. The van der Waals surface area contributed by atoms with Crippen molar-refractivity contribution < 1.29 is 17.1 Å². The number of hydrogen-bond acceptors (Lipinski definition) is 2. The third-order valence-electron chi connectivity index (χ3n) is 2.86. The van der Waals surface area contributed by atoms with Crippen LogP contribution in [0.15, 0.2) is 30.3 Å². The lowest BCUT2D eigenvalue weighted by atomic mass is 10.1. The molecular weight excluding hydrogens is 257 g/mol. The topological polar surface area (TPSA) is 12.5 Å². The fourth-order valence-electron chi connectivity index (χ4n) is 2.03. The van der Waals surface area contributed by atoms with Crippen LogP contribution in [0.5, 0.6) is 5.75 Å². The summed E-state index contributed by atoms with van der Waals surface area (Å²) in [6.07, 6.45) is 3.92. The lowest BCUT2D eigenvalue weighted by Crippen LogP contribution is -3.00. The van der Waals surface area contributed by atoms with Gasteiger partial charge in [0.05, 0.1) is 0 Å². The van der Waals surface area contributed by atoms with Gasteiger partial charge in [-0.05, 0) is 38.1 Å². The number of likely N-dealkylation sites (tertiary alicyclic amines) is 1. The molecule has 0 radical (unpaired) electrons. The fourth-order valence-corrected chi connectivity index (χ4v) is 2.33. The highest BCUT2D eigenvalue weighted by atomic mass is 35.5. The Kier molecular flexibility index (Phi) is 6.71. The molecule has 2 nitrogen and oxygen atoms in total. The van der Waals surface area contributed by atoms with E-state index in [1.54, 1.807) is 0 Å². The summed E-state index contributed by atoms with van der Waals surface area (Å²) in [5, 5.41) is 0. The van der Waals surface area contributed by atoms with Gasteiger partial charge in [-0.3, -0.25) is 4.90 Å². The van der Waals surface area contributed by atoms with E-state index in [0.717, 1.165) is 25.4 Å². The summed E-state index contributed by atoms with van der Waals surface area (Å²) in [6, 6.07) is 9.76. The largest absolute Gasteiger partial charge is 1.00 e. The van der Waals surface area contributed by atoms with Crippen LogP contribution >= 0.6 is 11.6 Å². The van der Waals surface area contributed by atoms with Crippen molar-refractivity contribution in [3.63, 3.8) is 0 Å². The number of nitrogens with zero attached hydrogens (tertiary/aromatic N) is 1. The van der Waals surface area contributed by atoms with Gasteiger partial charge in [-0.15, -0.1) is 0 Å². The van der Waals surface area contributed by atoms with E-state index in [9.17, 15) is 0 Å². The van der Waals surface area contributed by atoms with Crippen LogP contribution < -0.4 is 17.1 Å². The van der Waals surface area contributed by atoms with Gasteiger partial charge in [0.1, 0.15) is 5.75 Å². The first-order valence-electron chi connectivity index (χ1n) is 5.93. The van der Waals surface area contributed by atoms with Crippen molar-refractivity contribution in [3.05, 3.63) is 30.3 Å². The third-order valence-corrected chi connectivity index (χ3v) is 3.08. The van der Waals surface area contributed by atoms with Crippen LogP contribution in [-0.4, -0.2) is 30.1 Å². The first-order chi connectivity index (χ1) is 7.84. The van der Waals surface area contributed by atoms with Crippen LogP contribution in [0.25, 0.3) is 0 Å². The number of para-hydroxylation sites is 1. The van der Waals surface area contributed by atoms with Gasteiger partial charge in [0.25, 0.3) is 0 Å². The van der Waals surface area contributed by atoms with Crippen molar-refractivity contribution >= 4 is 11.6 Å². The average Bonchev–Trinajstić information content (AvgIpc) is 2.31. The minimum atomic E-state index is -0.250. The molecule has 0 bridgehead atoms. The van der Waals surface area contributed by atoms with E-state index in [2.05, 4.69) is 4.90 Å². The Hall–Kier alpha value is -0.440. The lowest BCUT2D eigenvalue weighted by Gasteiger charge is -2.28. The molecule has 1 heterocycles. The van der Waals surface area contributed by atoms with Crippen LogP contribution in [0.3, 0.4) is 0 Å². The number of alkyl halides is 1. The summed E-state index contributed by atoms with van der Waals surface area (Å²) in [4.78, 5) is 2.38. The average molecular weight is 275 g/mol. The summed E-state index contributed by atoms with van der Waals surface area (Å²) >= 11 is 6.18. The molecule has 0 N–H and O–H groups in total. The van der Waals surface area contributed by atoms with Crippen molar-refractivity contribution in [1.82, 2.24) is 4.90 Å². The lowest BCUT2D eigenvalue weighted by molar-refractivity contribution is -0.00000392. The Balaban J connectivity index is 0.00000144. The third kappa shape index (κ3) is 5.15. The van der Waals surface area contributed by atoms with Crippen molar-refractivity contribution in [1.29, 1.82) is 0 Å².